The Morgan fingerprint density at radius 3 is 2.48 bits per heavy atom. The standard InChI is InChI=1S/C17H18ClNO2/c18-15-9-7-14(8-10-15)13-17(20)19-11-4-12-21-16-5-2-1-3-6-16/h1-3,5-10H,4,11-13H2,(H,19,20). The lowest BCUT2D eigenvalue weighted by Crippen LogP contribution is -2.27. The summed E-state index contributed by atoms with van der Waals surface area (Å²) in [6, 6.07) is 16.9. The number of nitrogens with one attached hydrogen (secondary N) is 1. The highest BCUT2D eigenvalue weighted by molar-refractivity contribution is 6.30. The zero-order valence-electron chi connectivity index (χ0n) is 11.7. The van der Waals surface area contributed by atoms with Crippen molar-refractivity contribution < 1.29 is 9.53 Å². The van der Waals surface area contributed by atoms with Gasteiger partial charge in [-0.05, 0) is 36.2 Å². The van der Waals surface area contributed by atoms with Gasteiger partial charge in [0, 0.05) is 11.6 Å². The van der Waals surface area contributed by atoms with Gasteiger partial charge in [-0.1, -0.05) is 41.9 Å². The van der Waals surface area contributed by atoms with Crippen LogP contribution in [0.5, 0.6) is 5.75 Å². The van der Waals surface area contributed by atoms with Crippen LogP contribution in [0.2, 0.25) is 5.02 Å². The predicted octanol–water partition coefficient (Wildman–Crippen LogP) is 3.47. The number of carbonyl (C=O) groups is 1. The molecule has 2 aromatic carbocycles. The third-order valence-electron chi connectivity index (χ3n) is 2.93. The third kappa shape index (κ3) is 5.88. The Labute approximate surface area is 129 Å². The SMILES string of the molecule is O=C(Cc1ccc(Cl)cc1)NCCCOc1ccccc1. The highest BCUT2D eigenvalue weighted by atomic mass is 35.5. The molecule has 4 heteroatoms. The Hall–Kier alpha value is -2.00. The molecule has 3 nitrogen and oxygen atoms in total. The first kappa shape index (κ1) is 15.4. The molecule has 1 N–H and O–H groups in total. The van der Waals surface area contributed by atoms with Crippen LogP contribution in [-0.4, -0.2) is 19.1 Å². The van der Waals surface area contributed by atoms with Gasteiger partial charge in [0.25, 0.3) is 0 Å². The Kier molecular flexibility index (Phi) is 6.10. The second-order valence-corrected chi connectivity index (χ2v) is 5.10. The van der Waals surface area contributed by atoms with E-state index in [2.05, 4.69) is 5.32 Å². The summed E-state index contributed by atoms with van der Waals surface area (Å²) in [5.74, 6) is 0.863. The van der Waals surface area contributed by atoms with Crippen LogP contribution in [-0.2, 0) is 11.2 Å². The maximum Gasteiger partial charge on any atom is 0.224 e. The summed E-state index contributed by atoms with van der Waals surface area (Å²) in [7, 11) is 0. The van der Waals surface area contributed by atoms with Crippen molar-refractivity contribution in [2.45, 2.75) is 12.8 Å². The summed E-state index contributed by atoms with van der Waals surface area (Å²) in [6.45, 7) is 1.20. The van der Waals surface area contributed by atoms with Crippen molar-refractivity contribution in [2.24, 2.45) is 0 Å². The van der Waals surface area contributed by atoms with E-state index in [4.69, 9.17) is 16.3 Å². The van der Waals surface area contributed by atoms with Gasteiger partial charge in [-0.2, -0.15) is 0 Å². The molecule has 110 valence electrons. The summed E-state index contributed by atoms with van der Waals surface area (Å²) < 4.78 is 5.55. The Morgan fingerprint density at radius 1 is 1.05 bits per heavy atom. The molecule has 21 heavy (non-hydrogen) atoms. The molecule has 2 aromatic rings. The summed E-state index contributed by atoms with van der Waals surface area (Å²) in [4.78, 5) is 11.7. The van der Waals surface area contributed by atoms with E-state index in [9.17, 15) is 4.79 Å². The minimum absolute atomic E-state index is 0.0111. The number of hydrogen-bond acceptors (Lipinski definition) is 2. The minimum Gasteiger partial charge on any atom is -0.494 e. The molecule has 0 atom stereocenters. The number of amides is 1. The van der Waals surface area contributed by atoms with Crippen molar-refractivity contribution >= 4 is 17.5 Å². The zero-order valence-corrected chi connectivity index (χ0v) is 12.5. The van der Waals surface area contributed by atoms with E-state index in [0.717, 1.165) is 17.7 Å². The van der Waals surface area contributed by atoms with Gasteiger partial charge in [-0.3, -0.25) is 4.79 Å². The van der Waals surface area contributed by atoms with E-state index < -0.39 is 0 Å². The van der Waals surface area contributed by atoms with Gasteiger partial charge < -0.3 is 10.1 Å². The average Bonchev–Trinajstić information content (AvgIpc) is 2.50. The normalized spacial score (nSPS) is 10.1. The van der Waals surface area contributed by atoms with Crippen LogP contribution in [0.3, 0.4) is 0 Å². The monoisotopic (exact) mass is 303 g/mol. The molecule has 0 aliphatic rings. The van der Waals surface area contributed by atoms with Crippen LogP contribution in [0.25, 0.3) is 0 Å². The molecule has 0 spiro atoms. The van der Waals surface area contributed by atoms with Crippen LogP contribution in [0, 0.1) is 0 Å². The molecule has 2 rings (SSSR count). The fourth-order valence-electron chi connectivity index (χ4n) is 1.86. The summed E-state index contributed by atoms with van der Waals surface area (Å²) in [5.41, 5.74) is 0.956. The lowest BCUT2D eigenvalue weighted by atomic mass is 10.1. The second kappa shape index (κ2) is 8.32. The Bertz CT molecular complexity index is 555. The van der Waals surface area contributed by atoms with Gasteiger partial charge in [0.1, 0.15) is 5.75 Å². The number of rotatable bonds is 7. The molecule has 0 saturated heterocycles. The first-order valence-electron chi connectivity index (χ1n) is 6.93. The van der Waals surface area contributed by atoms with Crippen molar-refractivity contribution in [3.8, 4) is 5.75 Å². The molecule has 0 aliphatic heterocycles. The molecule has 0 saturated carbocycles. The predicted molar refractivity (Wildman–Crippen MR) is 84.7 cm³/mol. The molecule has 1 amide bonds. The quantitative estimate of drug-likeness (QED) is 0.795. The van der Waals surface area contributed by atoms with Crippen LogP contribution < -0.4 is 10.1 Å². The van der Waals surface area contributed by atoms with Gasteiger partial charge in [0.2, 0.25) is 5.91 Å². The van der Waals surface area contributed by atoms with E-state index in [1.165, 1.54) is 0 Å². The largest absolute Gasteiger partial charge is 0.494 e. The van der Waals surface area contributed by atoms with E-state index in [1.54, 1.807) is 12.1 Å². The molecule has 0 unspecified atom stereocenters. The first-order valence-corrected chi connectivity index (χ1v) is 7.31. The molecular weight excluding hydrogens is 286 g/mol. The smallest absolute Gasteiger partial charge is 0.224 e. The molecule has 0 heterocycles. The van der Waals surface area contributed by atoms with Crippen LogP contribution in [0.4, 0.5) is 0 Å². The minimum atomic E-state index is 0.0111. The van der Waals surface area contributed by atoms with Gasteiger partial charge >= 0.3 is 0 Å². The highest BCUT2D eigenvalue weighted by Gasteiger charge is 2.02. The number of para-hydroxylation sites is 1. The molecule has 0 bridgehead atoms. The molecule has 0 aromatic heterocycles. The van der Waals surface area contributed by atoms with E-state index in [0.29, 0.717) is 24.6 Å². The summed E-state index contributed by atoms with van der Waals surface area (Å²) >= 11 is 5.80. The van der Waals surface area contributed by atoms with Crippen molar-refractivity contribution in [2.75, 3.05) is 13.2 Å². The third-order valence-corrected chi connectivity index (χ3v) is 3.19. The van der Waals surface area contributed by atoms with Crippen molar-refractivity contribution in [3.05, 3.63) is 65.2 Å². The number of ether oxygens (including phenoxy) is 1. The van der Waals surface area contributed by atoms with Crippen LogP contribution >= 0.6 is 11.6 Å². The van der Waals surface area contributed by atoms with E-state index >= 15 is 0 Å². The molecule has 0 aliphatic carbocycles. The van der Waals surface area contributed by atoms with Crippen molar-refractivity contribution in [1.82, 2.24) is 5.32 Å². The van der Waals surface area contributed by atoms with Crippen LogP contribution in [0.1, 0.15) is 12.0 Å². The van der Waals surface area contributed by atoms with Gasteiger partial charge in [0.05, 0.1) is 13.0 Å². The maximum absolute atomic E-state index is 11.7. The lowest BCUT2D eigenvalue weighted by Gasteiger charge is -2.07. The fourth-order valence-corrected chi connectivity index (χ4v) is 1.98. The Balaban J connectivity index is 1.60. The fraction of sp³-hybridized carbons (Fsp3) is 0.235. The van der Waals surface area contributed by atoms with Crippen molar-refractivity contribution in [3.63, 3.8) is 0 Å². The molecular formula is C17H18ClNO2. The van der Waals surface area contributed by atoms with Crippen LogP contribution in [0.15, 0.2) is 54.6 Å². The lowest BCUT2D eigenvalue weighted by molar-refractivity contribution is -0.120. The van der Waals surface area contributed by atoms with Gasteiger partial charge in [0.15, 0.2) is 0 Å². The van der Waals surface area contributed by atoms with Gasteiger partial charge in [-0.15, -0.1) is 0 Å². The number of benzene rings is 2. The first-order chi connectivity index (χ1) is 10.2. The number of carbonyl (C=O) groups excluding carboxylic acids is 1. The second-order valence-electron chi connectivity index (χ2n) is 4.67. The maximum atomic E-state index is 11.7. The van der Waals surface area contributed by atoms with Gasteiger partial charge in [-0.25, -0.2) is 0 Å². The summed E-state index contributed by atoms with van der Waals surface area (Å²) in [6.07, 6.45) is 1.15. The van der Waals surface area contributed by atoms with E-state index in [-0.39, 0.29) is 5.91 Å². The topological polar surface area (TPSA) is 38.3 Å². The zero-order chi connectivity index (χ0) is 14.9. The van der Waals surface area contributed by atoms with E-state index in [1.807, 2.05) is 42.5 Å². The van der Waals surface area contributed by atoms with Crippen molar-refractivity contribution in [1.29, 1.82) is 0 Å². The summed E-state index contributed by atoms with van der Waals surface area (Å²) in [5, 5.41) is 3.56. The Morgan fingerprint density at radius 2 is 1.76 bits per heavy atom. The average molecular weight is 304 g/mol. The number of halogens is 1. The number of hydrogen-bond donors (Lipinski definition) is 1. The molecule has 0 radical (unpaired) electrons. The molecule has 0 fully saturated rings. The highest BCUT2D eigenvalue weighted by Crippen LogP contribution is 2.10.